The Balaban J connectivity index is 1.66. The maximum Gasteiger partial charge on any atom is 0.142 e. The lowest BCUT2D eigenvalue weighted by atomic mass is 9.86. The second-order valence-electron chi connectivity index (χ2n) is 6.67. The summed E-state index contributed by atoms with van der Waals surface area (Å²) in [5.74, 6) is 1.52. The number of aryl methyl sites for hydroxylation is 1. The summed E-state index contributed by atoms with van der Waals surface area (Å²) in [5.41, 5.74) is 9.64. The highest BCUT2D eigenvalue weighted by Crippen LogP contribution is 2.37. The molecule has 1 aliphatic carbocycles. The van der Waals surface area contributed by atoms with E-state index in [1.807, 2.05) is 0 Å². The Morgan fingerprint density at radius 1 is 1.18 bits per heavy atom. The molecule has 1 aromatic rings. The molecule has 0 unspecified atom stereocenters. The van der Waals surface area contributed by atoms with Gasteiger partial charge in [0.25, 0.3) is 0 Å². The molecule has 1 heterocycles. The molecule has 22 heavy (non-hydrogen) atoms. The minimum absolute atomic E-state index is 0.397. The number of nitrogens with two attached hydrogens (primary N) is 1. The normalized spacial score (nSPS) is 20.3. The third kappa shape index (κ3) is 3.73. The maximum absolute atomic E-state index is 6.13. The zero-order valence-corrected chi connectivity index (χ0v) is 13.8. The average molecular weight is 304 g/mol. The lowest BCUT2D eigenvalue weighted by Crippen LogP contribution is -2.35. The Morgan fingerprint density at radius 3 is 2.55 bits per heavy atom. The van der Waals surface area contributed by atoms with Gasteiger partial charge < -0.3 is 20.1 Å². The summed E-state index contributed by atoms with van der Waals surface area (Å²) in [6.07, 6.45) is 5.14. The zero-order chi connectivity index (χ0) is 15.5. The number of likely N-dealkylation sites (tertiary alicyclic amines) is 1. The average Bonchev–Trinajstić information content (AvgIpc) is 3.33. The van der Waals surface area contributed by atoms with E-state index in [-0.39, 0.29) is 0 Å². The molecular weight excluding hydrogens is 276 g/mol. The maximum atomic E-state index is 6.13. The van der Waals surface area contributed by atoms with Crippen molar-refractivity contribution in [3.63, 3.8) is 0 Å². The van der Waals surface area contributed by atoms with Crippen LogP contribution in [0.3, 0.4) is 0 Å². The van der Waals surface area contributed by atoms with Crippen LogP contribution in [0.2, 0.25) is 0 Å². The van der Waals surface area contributed by atoms with E-state index >= 15 is 0 Å². The molecular formula is C18H28N2O2. The number of benzene rings is 1. The molecule has 1 aliphatic heterocycles. The van der Waals surface area contributed by atoms with Crippen LogP contribution >= 0.6 is 0 Å². The van der Waals surface area contributed by atoms with E-state index in [1.54, 1.807) is 7.11 Å². The van der Waals surface area contributed by atoms with Gasteiger partial charge in [0, 0.05) is 13.7 Å². The van der Waals surface area contributed by atoms with Crippen LogP contribution in [0.25, 0.3) is 0 Å². The molecule has 0 atom stereocenters. The van der Waals surface area contributed by atoms with Gasteiger partial charge >= 0.3 is 0 Å². The van der Waals surface area contributed by atoms with E-state index < -0.39 is 0 Å². The number of rotatable bonds is 6. The van der Waals surface area contributed by atoms with Crippen LogP contribution in [-0.2, 0) is 4.74 Å². The molecule has 4 heteroatoms. The van der Waals surface area contributed by atoms with Crippen LogP contribution in [0.1, 0.15) is 42.7 Å². The number of ether oxygens (including phenoxy) is 2. The van der Waals surface area contributed by atoms with Crippen molar-refractivity contribution in [3.8, 4) is 5.75 Å². The van der Waals surface area contributed by atoms with Crippen LogP contribution in [-0.4, -0.2) is 44.4 Å². The summed E-state index contributed by atoms with van der Waals surface area (Å²) in [5, 5.41) is 0. The summed E-state index contributed by atoms with van der Waals surface area (Å²) < 4.78 is 11.1. The summed E-state index contributed by atoms with van der Waals surface area (Å²) in [6, 6.07) is 4.29. The predicted octanol–water partition coefficient (Wildman–Crippen LogP) is 2.94. The quantitative estimate of drug-likeness (QED) is 0.821. The summed E-state index contributed by atoms with van der Waals surface area (Å²) in [6.45, 7) is 6.34. The Bertz CT molecular complexity index is 506. The van der Waals surface area contributed by atoms with Gasteiger partial charge in [-0.2, -0.15) is 0 Å². The molecule has 2 aliphatic rings. The minimum Gasteiger partial charge on any atom is -0.488 e. The van der Waals surface area contributed by atoms with Gasteiger partial charge in [-0.1, -0.05) is 0 Å². The van der Waals surface area contributed by atoms with Crippen LogP contribution < -0.4 is 10.5 Å². The topological polar surface area (TPSA) is 47.7 Å². The third-order valence-corrected chi connectivity index (χ3v) is 4.86. The monoisotopic (exact) mass is 304 g/mol. The van der Waals surface area contributed by atoms with E-state index in [0.29, 0.717) is 12.0 Å². The minimum atomic E-state index is 0.397. The number of hydrogen-bond acceptors (Lipinski definition) is 4. The second kappa shape index (κ2) is 6.88. The largest absolute Gasteiger partial charge is 0.488 e. The second-order valence-corrected chi connectivity index (χ2v) is 6.67. The van der Waals surface area contributed by atoms with E-state index in [4.69, 9.17) is 15.2 Å². The van der Waals surface area contributed by atoms with Gasteiger partial charge in [0.15, 0.2) is 0 Å². The lowest BCUT2D eigenvalue weighted by Gasteiger charge is -2.32. The van der Waals surface area contributed by atoms with Gasteiger partial charge in [-0.15, -0.1) is 0 Å². The van der Waals surface area contributed by atoms with Crippen molar-refractivity contribution in [2.24, 2.45) is 0 Å². The van der Waals surface area contributed by atoms with E-state index in [2.05, 4.69) is 24.0 Å². The first-order valence-electron chi connectivity index (χ1n) is 8.45. The lowest BCUT2D eigenvalue weighted by molar-refractivity contribution is 0.130. The number of nitrogens with zero attached hydrogens (tertiary/aromatic N) is 1. The van der Waals surface area contributed by atoms with Crippen molar-refractivity contribution in [3.05, 3.63) is 23.3 Å². The van der Waals surface area contributed by atoms with Crippen LogP contribution in [0.5, 0.6) is 5.75 Å². The molecule has 0 bridgehead atoms. The summed E-state index contributed by atoms with van der Waals surface area (Å²) >= 11 is 0. The van der Waals surface area contributed by atoms with E-state index in [9.17, 15) is 0 Å². The molecule has 3 rings (SSSR count). The molecule has 0 aromatic heterocycles. The first kappa shape index (κ1) is 15.6. The van der Waals surface area contributed by atoms with Crippen molar-refractivity contribution < 1.29 is 9.47 Å². The molecule has 1 saturated heterocycles. The Hall–Kier alpha value is -1.26. The Kier molecular flexibility index (Phi) is 4.89. The standard InChI is InChI=1S/C18H28N2O2/c1-13-11-17(19)18(22-15-3-4-15)12-16(13)14-5-7-20(8-6-14)9-10-21-2/h11-12,14-15H,3-10,19H2,1-2H3. The number of hydrogen-bond donors (Lipinski definition) is 1. The fourth-order valence-electron chi connectivity index (χ4n) is 3.32. The van der Waals surface area contributed by atoms with Crippen molar-refractivity contribution in [1.29, 1.82) is 0 Å². The van der Waals surface area contributed by atoms with E-state index in [1.165, 1.54) is 36.8 Å². The van der Waals surface area contributed by atoms with Crippen LogP contribution in [0.4, 0.5) is 5.69 Å². The molecule has 1 saturated carbocycles. The molecule has 4 nitrogen and oxygen atoms in total. The molecule has 122 valence electrons. The smallest absolute Gasteiger partial charge is 0.142 e. The number of nitrogen functional groups attached to an aromatic ring is 1. The Labute approximate surface area is 133 Å². The molecule has 0 amide bonds. The fourth-order valence-corrected chi connectivity index (χ4v) is 3.32. The number of anilines is 1. The van der Waals surface area contributed by atoms with Gasteiger partial charge in [0.05, 0.1) is 18.4 Å². The summed E-state index contributed by atoms with van der Waals surface area (Å²) in [7, 11) is 1.77. The predicted molar refractivity (Wildman–Crippen MR) is 89.5 cm³/mol. The summed E-state index contributed by atoms with van der Waals surface area (Å²) in [4.78, 5) is 2.49. The van der Waals surface area contributed by atoms with Crippen LogP contribution in [0.15, 0.2) is 12.1 Å². The van der Waals surface area contributed by atoms with Crippen molar-refractivity contribution in [1.82, 2.24) is 4.90 Å². The molecule has 0 radical (unpaired) electrons. The first-order valence-corrected chi connectivity index (χ1v) is 8.45. The highest BCUT2D eigenvalue weighted by molar-refractivity contribution is 5.57. The van der Waals surface area contributed by atoms with Gasteiger partial charge in [-0.25, -0.2) is 0 Å². The van der Waals surface area contributed by atoms with E-state index in [0.717, 1.165) is 37.7 Å². The van der Waals surface area contributed by atoms with Crippen molar-refractivity contribution in [2.45, 2.75) is 44.6 Å². The highest BCUT2D eigenvalue weighted by Gasteiger charge is 2.26. The Morgan fingerprint density at radius 2 is 1.91 bits per heavy atom. The number of piperidine rings is 1. The van der Waals surface area contributed by atoms with Crippen molar-refractivity contribution in [2.75, 3.05) is 39.1 Å². The van der Waals surface area contributed by atoms with Gasteiger partial charge in [0.2, 0.25) is 0 Å². The van der Waals surface area contributed by atoms with Gasteiger partial charge in [0.1, 0.15) is 5.75 Å². The molecule has 2 fully saturated rings. The molecule has 0 spiro atoms. The first-order chi connectivity index (χ1) is 10.7. The van der Waals surface area contributed by atoms with Crippen molar-refractivity contribution >= 4 is 5.69 Å². The van der Waals surface area contributed by atoms with Gasteiger partial charge in [-0.3, -0.25) is 0 Å². The molecule has 2 N–H and O–H groups in total. The van der Waals surface area contributed by atoms with Crippen LogP contribution in [0, 0.1) is 6.92 Å². The molecule has 1 aromatic carbocycles. The SMILES string of the molecule is COCCN1CCC(c2cc(OC3CC3)c(N)cc2C)CC1. The van der Waals surface area contributed by atoms with Gasteiger partial charge in [-0.05, 0) is 74.9 Å². The zero-order valence-electron chi connectivity index (χ0n) is 13.8. The fraction of sp³-hybridized carbons (Fsp3) is 0.667. The third-order valence-electron chi connectivity index (χ3n) is 4.86. The highest BCUT2D eigenvalue weighted by atomic mass is 16.5. The number of methoxy groups -OCH3 is 1.